The van der Waals surface area contributed by atoms with Gasteiger partial charge >= 0.3 is 0 Å². The van der Waals surface area contributed by atoms with Gasteiger partial charge in [0.05, 0.1) is 27.2 Å². The molecule has 0 saturated heterocycles. The van der Waals surface area contributed by atoms with Crippen LogP contribution in [0, 0.1) is 0 Å². The highest BCUT2D eigenvalue weighted by Gasteiger charge is 2.22. The van der Waals surface area contributed by atoms with Crippen LogP contribution in [-0.2, 0) is 19.5 Å². The number of hydrogen-bond donors (Lipinski definition) is 1. The third kappa shape index (κ3) is 5.45. The molecule has 1 aliphatic carbocycles. The number of rotatable bonds is 7. The molecule has 1 amide bonds. The predicted molar refractivity (Wildman–Crippen MR) is 129 cm³/mol. The molecule has 0 unspecified atom stereocenters. The van der Waals surface area contributed by atoms with Crippen molar-refractivity contribution in [1.29, 1.82) is 0 Å². The number of benzene rings is 2. The fourth-order valence-electron chi connectivity index (χ4n) is 3.54. The number of nitrogens with zero attached hydrogens (tertiary/aromatic N) is 2. The van der Waals surface area contributed by atoms with Gasteiger partial charge in [0, 0.05) is 11.8 Å². The Labute approximate surface area is 200 Å². The van der Waals surface area contributed by atoms with E-state index >= 15 is 0 Å². The number of methoxy groups -OCH3 is 1. The Hall–Kier alpha value is -2.69. The number of hydrogen-bond acceptors (Lipinski definition) is 8. The number of carbonyl (C=O) groups is 1. The number of fused-ring (bicyclic) bond motifs is 1. The molecule has 0 radical (unpaired) electrons. The van der Waals surface area contributed by atoms with Crippen LogP contribution in [0.3, 0.4) is 0 Å². The molecule has 1 heterocycles. The lowest BCUT2D eigenvalue weighted by Crippen LogP contribution is -2.25. The first-order valence-electron chi connectivity index (χ1n) is 10.2. The van der Waals surface area contributed by atoms with Crippen LogP contribution in [0.15, 0.2) is 46.4 Å². The van der Waals surface area contributed by atoms with Crippen LogP contribution in [0.25, 0.3) is 10.2 Å². The van der Waals surface area contributed by atoms with Crippen LogP contribution >= 0.6 is 22.9 Å². The minimum Gasteiger partial charge on any atom is -0.497 e. The first kappa shape index (κ1) is 23.5. The van der Waals surface area contributed by atoms with E-state index in [0.717, 1.165) is 42.2 Å². The highest BCUT2D eigenvalue weighted by atomic mass is 35.5. The van der Waals surface area contributed by atoms with Crippen LogP contribution in [0.5, 0.6) is 5.75 Å². The predicted octanol–water partition coefficient (Wildman–Crippen LogP) is 4.66. The lowest BCUT2D eigenvalue weighted by atomic mass is 10.1. The second-order valence-electron chi connectivity index (χ2n) is 7.68. The Morgan fingerprint density at radius 3 is 2.64 bits per heavy atom. The number of halogens is 1. The van der Waals surface area contributed by atoms with Gasteiger partial charge in [-0.3, -0.25) is 10.1 Å². The number of oxime groups is 1. The summed E-state index contributed by atoms with van der Waals surface area (Å²) in [5.41, 5.74) is 1.05. The quantitative estimate of drug-likeness (QED) is 0.368. The summed E-state index contributed by atoms with van der Waals surface area (Å²) in [6.45, 7) is 0. The Morgan fingerprint density at radius 1 is 1.21 bits per heavy atom. The molecule has 1 aromatic heterocycles. The highest BCUT2D eigenvalue weighted by molar-refractivity contribution is 7.90. The van der Waals surface area contributed by atoms with Gasteiger partial charge in [-0.1, -0.05) is 34.2 Å². The largest absolute Gasteiger partial charge is 0.497 e. The molecule has 1 aliphatic rings. The minimum atomic E-state index is -3.51. The molecule has 1 fully saturated rings. The van der Waals surface area contributed by atoms with Gasteiger partial charge < -0.3 is 9.57 Å². The summed E-state index contributed by atoms with van der Waals surface area (Å²) in [7, 11) is -1.93. The van der Waals surface area contributed by atoms with Crippen molar-refractivity contribution in [3.8, 4) is 5.75 Å². The number of thiazole rings is 1. The normalized spacial score (nSPS) is 15.1. The molecule has 2 aromatic carbocycles. The van der Waals surface area contributed by atoms with E-state index in [9.17, 15) is 13.2 Å². The summed E-state index contributed by atoms with van der Waals surface area (Å²) in [5, 5.41) is 7.29. The molecule has 174 valence electrons. The molecule has 4 rings (SSSR count). The average molecular weight is 508 g/mol. The molecular formula is C22H22ClN3O5S2. The molecule has 0 atom stereocenters. The van der Waals surface area contributed by atoms with E-state index in [1.165, 1.54) is 29.5 Å². The zero-order chi connectivity index (χ0) is 23.6. The topological polar surface area (TPSA) is 107 Å². The zero-order valence-corrected chi connectivity index (χ0v) is 20.4. The maximum atomic E-state index is 13.2. The van der Waals surface area contributed by atoms with Crippen LogP contribution in [-0.4, -0.2) is 44.5 Å². The third-order valence-electron chi connectivity index (χ3n) is 5.23. The van der Waals surface area contributed by atoms with E-state index in [-0.39, 0.29) is 21.7 Å². The summed E-state index contributed by atoms with van der Waals surface area (Å²) in [5.74, 6) is 0.152. The molecule has 8 nitrogen and oxygen atoms in total. The molecule has 0 spiro atoms. The molecule has 0 aliphatic heterocycles. The summed E-state index contributed by atoms with van der Waals surface area (Å²) < 4.78 is 29.9. The van der Waals surface area contributed by atoms with Gasteiger partial charge in [0.25, 0.3) is 5.91 Å². The number of ether oxygens (including phenoxy) is 1. The lowest BCUT2D eigenvalue weighted by Gasteiger charge is -2.11. The maximum absolute atomic E-state index is 13.2. The van der Waals surface area contributed by atoms with E-state index in [4.69, 9.17) is 21.2 Å². The van der Waals surface area contributed by atoms with Crippen molar-refractivity contribution in [2.24, 2.45) is 5.16 Å². The number of sulfone groups is 1. The molecule has 1 saturated carbocycles. The Bertz CT molecular complexity index is 1330. The zero-order valence-electron chi connectivity index (χ0n) is 18.0. The third-order valence-corrected chi connectivity index (χ3v) is 7.74. The van der Waals surface area contributed by atoms with Gasteiger partial charge in [-0.2, -0.15) is 0 Å². The van der Waals surface area contributed by atoms with E-state index in [2.05, 4.69) is 15.5 Å². The number of nitrogens with one attached hydrogen (secondary N) is 1. The molecular weight excluding hydrogens is 486 g/mol. The fourth-order valence-corrected chi connectivity index (χ4v) is 5.76. The van der Waals surface area contributed by atoms with Crippen molar-refractivity contribution < 1.29 is 22.8 Å². The van der Waals surface area contributed by atoms with Crippen molar-refractivity contribution in [2.45, 2.75) is 36.7 Å². The Balaban J connectivity index is 1.65. The van der Waals surface area contributed by atoms with E-state index in [1.807, 2.05) is 12.1 Å². The maximum Gasteiger partial charge on any atom is 0.280 e. The minimum absolute atomic E-state index is 0.00319. The lowest BCUT2D eigenvalue weighted by molar-refractivity contribution is -0.110. The van der Waals surface area contributed by atoms with Crippen molar-refractivity contribution >= 4 is 59.7 Å². The SMILES string of the molecule is COc1ccc2nc(NC(=O)/C(=N\OC3CCCC3)c3ccc(S(C)(=O)=O)c(Cl)c3)sc2c1. The fraction of sp³-hybridized carbons (Fsp3) is 0.318. The van der Waals surface area contributed by atoms with Crippen molar-refractivity contribution in [3.05, 3.63) is 47.0 Å². The number of amides is 1. The molecule has 1 N–H and O–H groups in total. The Kier molecular flexibility index (Phi) is 6.87. The summed E-state index contributed by atoms with van der Waals surface area (Å²) >= 11 is 7.50. The standard InChI is InChI=1S/C22H22ClN3O5S2/c1-30-15-8-9-17-18(12-15)32-22(24-17)25-21(27)20(26-31-14-5-3-4-6-14)13-7-10-19(16(23)11-13)33(2,28)29/h7-12,14H,3-6H2,1-2H3,(H,24,25,27)/b26-20-. The number of anilines is 1. The van der Waals surface area contributed by atoms with Crippen LogP contribution in [0.4, 0.5) is 5.13 Å². The van der Waals surface area contributed by atoms with Gasteiger partial charge in [0.1, 0.15) is 11.9 Å². The van der Waals surface area contributed by atoms with Gasteiger partial charge in [-0.05, 0) is 56.0 Å². The molecule has 33 heavy (non-hydrogen) atoms. The van der Waals surface area contributed by atoms with E-state index in [0.29, 0.717) is 16.4 Å². The Morgan fingerprint density at radius 2 is 1.97 bits per heavy atom. The molecule has 0 bridgehead atoms. The van der Waals surface area contributed by atoms with Crippen LogP contribution in [0.2, 0.25) is 5.02 Å². The number of carbonyl (C=O) groups excluding carboxylic acids is 1. The van der Waals surface area contributed by atoms with Gasteiger partial charge in [0.15, 0.2) is 20.7 Å². The van der Waals surface area contributed by atoms with Gasteiger partial charge in [-0.15, -0.1) is 0 Å². The summed E-state index contributed by atoms with van der Waals surface area (Å²) in [4.78, 5) is 23.2. The number of aromatic nitrogens is 1. The smallest absolute Gasteiger partial charge is 0.280 e. The molecule has 11 heteroatoms. The summed E-state index contributed by atoms with van der Waals surface area (Å²) in [6.07, 6.45) is 4.84. The first-order valence-corrected chi connectivity index (χ1v) is 13.3. The van der Waals surface area contributed by atoms with Gasteiger partial charge in [-0.25, -0.2) is 13.4 Å². The van der Waals surface area contributed by atoms with Crippen molar-refractivity contribution in [1.82, 2.24) is 4.98 Å². The molecule has 3 aromatic rings. The van der Waals surface area contributed by atoms with Crippen molar-refractivity contribution in [2.75, 3.05) is 18.7 Å². The first-order chi connectivity index (χ1) is 15.7. The van der Waals surface area contributed by atoms with Crippen molar-refractivity contribution in [3.63, 3.8) is 0 Å². The second-order valence-corrected chi connectivity index (χ2v) is 11.1. The van der Waals surface area contributed by atoms with Crippen LogP contribution in [0.1, 0.15) is 31.2 Å². The summed E-state index contributed by atoms with van der Waals surface area (Å²) in [6, 6.07) is 9.68. The van der Waals surface area contributed by atoms with E-state index in [1.54, 1.807) is 13.2 Å². The monoisotopic (exact) mass is 507 g/mol. The second kappa shape index (κ2) is 9.66. The van der Waals surface area contributed by atoms with Crippen LogP contribution < -0.4 is 10.1 Å². The van der Waals surface area contributed by atoms with Gasteiger partial charge in [0.2, 0.25) is 0 Å². The average Bonchev–Trinajstić information content (AvgIpc) is 3.41. The highest BCUT2D eigenvalue weighted by Crippen LogP contribution is 2.30. The van der Waals surface area contributed by atoms with E-state index < -0.39 is 15.7 Å².